The van der Waals surface area contributed by atoms with Gasteiger partial charge in [0.25, 0.3) is 5.91 Å². The van der Waals surface area contributed by atoms with E-state index in [0.717, 1.165) is 16.7 Å². The van der Waals surface area contributed by atoms with Crippen molar-refractivity contribution in [1.82, 2.24) is 15.3 Å². The highest BCUT2D eigenvalue weighted by atomic mass is 35.5. The molecule has 6 nitrogen and oxygen atoms in total. The molecule has 0 aromatic heterocycles. The second-order valence-corrected chi connectivity index (χ2v) is 10.5. The standard InChI is InChI=1S/C30H32ClN3O3/c1-33(19-20-7-3-2-4-8-20)32-29(36)27-25-9-5-6-10-26(25)30(37)34(23-15-17-24(35)18-16-23)28(27)21-11-13-22(31)14-12-21/h2-14,23-24,27-28,35H,15-19H2,1H3,(H,32,36)/t23?,24?,27-,28+/m1/s1. The lowest BCUT2D eigenvalue weighted by molar-refractivity contribution is -0.129. The van der Waals surface area contributed by atoms with Gasteiger partial charge in [-0.3, -0.25) is 15.0 Å². The van der Waals surface area contributed by atoms with Crippen molar-refractivity contribution in [2.45, 2.75) is 56.3 Å². The average Bonchev–Trinajstić information content (AvgIpc) is 2.90. The number of aliphatic hydroxyl groups excluding tert-OH is 1. The summed E-state index contributed by atoms with van der Waals surface area (Å²) in [5.41, 5.74) is 6.32. The summed E-state index contributed by atoms with van der Waals surface area (Å²) in [5.74, 6) is -0.849. The number of hydrogen-bond donors (Lipinski definition) is 2. The van der Waals surface area contributed by atoms with Gasteiger partial charge in [-0.05, 0) is 60.6 Å². The Morgan fingerprint density at radius 1 is 0.973 bits per heavy atom. The number of hydrazine groups is 1. The minimum absolute atomic E-state index is 0.0673. The van der Waals surface area contributed by atoms with Crippen LogP contribution >= 0.6 is 11.6 Å². The Morgan fingerprint density at radius 2 is 1.62 bits per heavy atom. The molecule has 2 amide bonds. The first kappa shape index (κ1) is 25.5. The van der Waals surface area contributed by atoms with Crippen molar-refractivity contribution in [3.63, 3.8) is 0 Å². The zero-order valence-electron chi connectivity index (χ0n) is 20.9. The van der Waals surface area contributed by atoms with Gasteiger partial charge in [0.2, 0.25) is 5.91 Å². The Labute approximate surface area is 222 Å². The predicted octanol–water partition coefficient (Wildman–Crippen LogP) is 5.09. The van der Waals surface area contributed by atoms with Crippen LogP contribution in [0, 0.1) is 0 Å². The molecular weight excluding hydrogens is 486 g/mol. The van der Waals surface area contributed by atoms with Gasteiger partial charge in [0, 0.05) is 30.2 Å². The number of benzene rings is 3. The minimum Gasteiger partial charge on any atom is -0.393 e. The highest BCUT2D eigenvalue weighted by Crippen LogP contribution is 2.46. The number of fused-ring (bicyclic) bond motifs is 1. The number of carbonyl (C=O) groups is 2. The van der Waals surface area contributed by atoms with Crippen LogP contribution in [0.2, 0.25) is 5.02 Å². The highest BCUT2D eigenvalue weighted by Gasteiger charge is 2.47. The number of aliphatic hydroxyl groups is 1. The van der Waals surface area contributed by atoms with Crippen LogP contribution in [-0.2, 0) is 11.3 Å². The molecule has 192 valence electrons. The van der Waals surface area contributed by atoms with E-state index in [1.54, 1.807) is 17.1 Å². The Balaban J connectivity index is 1.54. The van der Waals surface area contributed by atoms with Crippen molar-refractivity contribution >= 4 is 23.4 Å². The summed E-state index contributed by atoms with van der Waals surface area (Å²) < 4.78 is 0. The number of halogens is 1. The molecule has 1 heterocycles. The summed E-state index contributed by atoms with van der Waals surface area (Å²) in [4.78, 5) is 29.9. The summed E-state index contributed by atoms with van der Waals surface area (Å²) in [7, 11) is 1.85. The van der Waals surface area contributed by atoms with Gasteiger partial charge in [0.1, 0.15) is 0 Å². The average molecular weight is 518 g/mol. The molecule has 0 unspecified atom stereocenters. The molecule has 37 heavy (non-hydrogen) atoms. The van der Waals surface area contributed by atoms with Crippen LogP contribution in [0.3, 0.4) is 0 Å². The SMILES string of the molecule is CN(Cc1ccccc1)NC(=O)[C@@H]1c2ccccc2C(=O)N(C2CCC(O)CC2)[C@H]1c1ccc(Cl)cc1. The highest BCUT2D eigenvalue weighted by molar-refractivity contribution is 6.30. The van der Waals surface area contributed by atoms with Gasteiger partial charge in [0.05, 0.1) is 18.1 Å². The summed E-state index contributed by atoms with van der Waals surface area (Å²) in [6.07, 6.45) is 2.33. The molecule has 1 fully saturated rings. The Bertz CT molecular complexity index is 1240. The molecule has 2 atom stereocenters. The molecule has 0 bridgehead atoms. The first-order chi connectivity index (χ1) is 17.9. The normalized spacial score (nSPS) is 23.6. The molecular formula is C30H32ClN3O3. The van der Waals surface area contributed by atoms with E-state index < -0.39 is 12.0 Å². The summed E-state index contributed by atoms with van der Waals surface area (Å²) in [6, 6.07) is 24.3. The maximum absolute atomic E-state index is 14.0. The Kier molecular flexibility index (Phi) is 7.60. The lowest BCUT2D eigenvalue weighted by Gasteiger charge is -2.47. The number of hydrogen-bond acceptors (Lipinski definition) is 4. The van der Waals surface area contributed by atoms with Gasteiger partial charge in [0.15, 0.2) is 0 Å². The number of carbonyl (C=O) groups excluding carboxylic acids is 2. The van der Waals surface area contributed by atoms with Gasteiger partial charge >= 0.3 is 0 Å². The summed E-state index contributed by atoms with van der Waals surface area (Å²) in [5, 5.41) is 12.5. The van der Waals surface area contributed by atoms with Crippen LogP contribution in [0.5, 0.6) is 0 Å². The van der Waals surface area contributed by atoms with Crippen molar-refractivity contribution in [3.8, 4) is 0 Å². The molecule has 1 aliphatic heterocycles. The number of nitrogens with one attached hydrogen (secondary N) is 1. The van der Waals surface area contributed by atoms with E-state index >= 15 is 0 Å². The molecule has 0 saturated heterocycles. The van der Waals surface area contributed by atoms with Crippen molar-refractivity contribution in [2.24, 2.45) is 0 Å². The van der Waals surface area contributed by atoms with Crippen LogP contribution in [0.15, 0.2) is 78.9 Å². The van der Waals surface area contributed by atoms with Crippen molar-refractivity contribution in [2.75, 3.05) is 7.05 Å². The fourth-order valence-electron chi connectivity index (χ4n) is 5.74. The van der Waals surface area contributed by atoms with Crippen molar-refractivity contribution in [3.05, 3.63) is 106 Å². The van der Waals surface area contributed by atoms with Crippen molar-refractivity contribution < 1.29 is 14.7 Å². The van der Waals surface area contributed by atoms with E-state index in [1.165, 1.54) is 0 Å². The second kappa shape index (κ2) is 11.1. The third-order valence-electron chi connectivity index (χ3n) is 7.49. The van der Waals surface area contributed by atoms with Gasteiger partial charge in [-0.15, -0.1) is 0 Å². The smallest absolute Gasteiger partial charge is 0.254 e. The number of nitrogens with zero attached hydrogens (tertiary/aromatic N) is 2. The van der Waals surface area contributed by atoms with E-state index in [1.807, 2.05) is 78.7 Å². The van der Waals surface area contributed by atoms with Gasteiger partial charge in [-0.1, -0.05) is 72.3 Å². The molecule has 0 spiro atoms. The largest absolute Gasteiger partial charge is 0.393 e. The molecule has 2 aliphatic rings. The molecule has 0 radical (unpaired) electrons. The fraction of sp³-hybridized carbons (Fsp3) is 0.333. The third kappa shape index (κ3) is 5.42. The molecule has 3 aromatic rings. The van der Waals surface area contributed by atoms with E-state index in [-0.39, 0.29) is 24.0 Å². The van der Waals surface area contributed by atoms with Crippen LogP contribution in [0.4, 0.5) is 0 Å². The van der Waals surface area contributed by atoms with E-state index in [9.17, 15) is 14.7 Å². The fourth-order valence-corrected chi connectivity index (χ4v) is 5.87. The summed E-state index contributed by atoms with van der Waals surface area (Å²) in [6.45, 7) is 0.551. The van der Waals surface area contributed by atoms with E-state index in [4.69, 9.17) is 11.6 Å². The maximum atomic E-state index is 14.0. The zero-order chi connectivity index (χ0) is 25.9. The van der Waals surface area contributed by atoms with Crippen molar-refractivity contribution in [1.29, 1.82) is 0 Å². The molecule has 3 aromatic carbocycles. The maximum Gasteiger partial charge on any atom is 0.254 e. The van der Waals surface area contributed by atoms with E-state index in [2.05, 4.69) is 5.43 Å². The Morgan fingerprint density at radius 3 is 2.32 bits per heavy atom. The first-order valence-corrected chi connectivity index (χ1v) is 13.2. The quantitative estimate of drug-likeness (QED) is 0.447. The lowest BCUT2D eigenvalue weighted by Crippen LogP contribution is -2.53. The number of rotatable bonds is 6. The second-order valence-electron chi connectivity index (χ2n) is 10.1. The molecule has 1 saturated carbocycles. The third-order valence-corrected chi connectivity index (χ3v) is 7.75. The minimum atomic E-state index is -0.611. The van der Waals surface area contributed by atoms with Crippen LogP contribution in [-0.4, -0.2) is 46.0 Å². The predicted molar refractivity (Wildman–Crippen MR) is 144 cm³/mol. The molecule has 2 N–H and O–H groups in total. The monoisotopic (exact) mass is 517 g/mol. The Hall–Kier alpha value is -3.19. The van der Waals surface area contributed by atoms with Gasteiger partial charge in [-0.25, -0.2) is 5.01 Å². The summed E-state index contributed by atoms with van der Waals surface area (Å²) >= 11 is 6.21. The van der Waals surface area contributed by atoms with Crippen LogP contribution in [0.25, 0.3) is 0 Å². The molecule has 1 aliphatic carbocycles. The van der Waals surface area contributed by atoms with Crippen LogP contribution in [0.1, 0.15) is 64.7 Å². The topological polar surface area (TPSA) is 72.9 Å². The molecule has 5 rings (SSSR count). The zero-order valence-corrected chi connectivity index (χ0v) is 21.6. The van der Waals surface area contributed by atoms with E-state index in [0.29, 0.717) is 42.8 Å². The van der Waals surface area contributed by atoms with Crippen LogP contribution < -0.4 is 5.43 Å². The lowest BCUT2D eigenvalue weighted by atomic mass is 9.77. The van der Waals surface area contributed by atoms with Gasteiger partial charge in [-0.2, -0.15) is 0 Å². The van der Waals surface area contributed by atoms with Gasteiger partial charge < -0.3 is 10.0 Å². The number of amides is 2. The molecule has 7 heteroatoms. The first-order valence-electron chi connectivity index (χ1n) is 12.8.